The zero-order valence-electron chi connectivity index (χ0n) is 16.3. The summed E-state index contributed by atoms with van der Waals surface area (Å²) in [7, 11) is 3.20. The van der Waals surface area contributed by atoms with E-state index in [1.165, 1.54) is 4.68 Å². The molecule has 3 aromatic rings. The number of nitrogens with zero attached hydrogens (tertiary/aromatic N) is 5. The molecule has 0 atom stereocenters. The van der Waals surface area contributed by atoms with Crippen LogP contribution in [0.15, 0.2) is 36.7 Å². The number of carbonyl (C=O) groups excluding carboxylic acids is 1. The molecule has 0 saturated heterocycles. The third-order valence-electron chi connectivity index (χ3n) is 4.87. The molecule has 8 nitrogen and oxygen atoms in total. The molecule has 1 aromatic carbocycles. The van der Waals surface area contributed by atoms with Crippen LogP contribution in [-0.2, 0) is 13.1 Å². The Balaban J connectivity index is 1.72. The zero-order chi connectivity index (χ0) is 20.5. The molecule has 8 heteroatoms. The Morgan fingerprint density at radius 3 is 2.55 bits per heavy atom. The number of hydrogen-bond donors (Lipinski definition) is 0. The number of aromatic nitrogens is 3. The molecule has 0 saturated carbocycles. The molecule has 2 aromatic heterocycles. The first kappa shape index (κ1) is 18.5. The van der Waals surface area contributed by atoms with E-state index in [1.807, 2.05) is 31.2 Å². The van der Waals surface area contributed by atoms with Gasteiger partial charge in [0.1, 0.15) is 18.0 Å². The van der Waals surface area contributed by atoms with Crippen LogP contribution in [0.4, 0.5) is 5.69 Å². The number of carbonyl (C=O) groups is 1. The van der Waals surface area contributed by atoms with E-state index in [9.17, 15) is 4.79 Å². The smallest absolute Gasteiger partial charge is 0.260 e. The van der Waals surface area contributed by atoms with Gasteiger partial charge in [-0.3, -0.25) is 19.4 Å². The van der Waals surface area contributed by atoms with Crippen LogP contribution in [0.2, 0.25) is 0 Å². The highest BCUT2D eigenvalue weighted by Gasteiger charge is 2.32. The van der Waals surface area contributed by atoms with E-state index in [-0.39, 0.29) is 12.5 Å². The van der Waals surface area contributed by atoms with Crippen LogP contribution in [0, 0.1) is 18.3 Å². The van der Waals surface area contributed by atoms with Crippen molar-refractivity contribution >= 4 is 11.6 Å². The Bertz CT molecular complexity index is 1120. The fourth-order valence-corrected chi connectivity index (χ4v) is 3.46. The summed E-state index contributed by atoms with van der Waals surface area (Å²) in [5.74, 6) is 1.22. The highest BCUT2D eigenvalue weighted by Crippen LogP contribution is 2.34. The molecule has 0 aliphatic carbocycles. The van der Waals surface area contributed by atoms with E-state index < -0.39 is 0 Å². The minimum absolute atomic E-state index is 0.115. The molecule has 0 bridgehead atoms. The van der Waals surface area contributed by atoms with Gasteiger partial charge in [0, 0.05) is 17.8 Å². The number of nitriles is 1. The predicted molar refractivity (Wildman–Crippen MR) is 106 cm³/mol. The number of rotatable bonds is 5. The lowest BCUT2D eigenvalue weighted by Gasteiger charge is -2.11. The topological polar surface area (TPSA) is 93.3 Å². The van der Waals surface area contributed by atoms with E-state index >= 15 is 0 Å². The second-order valence-electron chi connectivity index (χ2n) is 6.69. The number of methoxy groups -OCH3 is 2. The zero-order valence-corrected chi connectivity index (χ0v) is 16.3. The van der Waals surface area contributed by atoms with Crippen molar-refractivity contribution in [1.82, 2.24) is 14.8 Å². The Labute approximate surface area is 167 Å². The molecule has 29 heavy (non-hydrogen) atoms. The largest absolute Gasteiger partial charge is 0.497 e. The Morgan fingerprint density at radius 2 is 1.90 bits per heavy atom. The van der Waals surface area contributed by atoms with Crippen LogP contribution in [-0.4, -0.2) is 34.9 Å². The van der Waals surface area contributed by atoms with E-state index in [0.29, 0.717) is 35.0 Å². The summed E-state index contributed by atoms with van der Waals surface area (Å²) in [4.78, 5) is 19.4. The molecular formula is C21H19N5O3. The number of hydrogen-bond acceptors (Lipinski definition) is 6. The first-order valence-corrected chi connectivity index (χ1v) is 8.99. The van der Waals surface area contributed by atoms with Gasteiger partial charge in [-0.15, -0.1) is 0 Å². The summed E-state index contributed by atoms with van der Waals surface area (Å²) in [6.45, 7) is 2.39. The van der Waals surface area contributed by atoms with Crippen molar-refractivity contribution in [3.8, 4) is 28.8 Å². The minimum atomic E-state index is -0.115. The van der Waals surface area contributed by atoms with E-state index in [4.69, 9.17) is 19.7 Å². The van der Waals surface area contributed by atoms with Crippen LogP contribution < -0.4 is 14.4 Å². The molecule has 1 aliphatic heterocycles. The molecule has 0 N–H and O–H groups in total. The lowest BCUT2D eigenvalue weighted by Crippen LogP contribution is -2.22. The van der Waals surface area contributed by atoms with E-state index in [2.05, 4.69) is 5.10 Å². The monoisotopic (exact) mass is 389 g/mol. The standard InChI is InChI=1S/C21H19N5O3/c1-13-6-18(14-7-16(28-2)9-17(8-14)29-3)24-19-12-26(21(27)20(13)19)15-10-23-25(11-15)5-4-22/h6-11H,5,12H2,1-3H3. The van der Waals surface area contributed by atoms with Crippen molar-refractivity contribution in [1.29, 1.82) is 5.26 Å². The second kappa shape index (κ2) is 7.28. The van der Waals surface area contributed by atoms with Crippen LogP contribution in [0.25, 0.3) is 11.3 Å². The average Bonchev–Trinajstić information content (AvgIpc) is 3.32. The SMILES string of the molecule is COc1cc(OC)cc(-c2cc(C)c3c(n2)CN(c2cnn(CC#N)c2)C3=O)c1. The molecule has 4 rings (SSSR count). The maximum Gasteiger partial charge on any atom is 0.260 e. The van der Waals surface area contributed by atoms with Gasteiger partial charge in [0.05, 0.1) is 55.7 Å². The van der Waals surface area contributed by atoms with Gasteiger partial charge >= 0.3 is 0 Å². The normalized spacial score (nSPS) is 12.6. The number of ether oxygens (including phenoxy) is 2. The summed E-state index contributed by atoms with van der Waals surface area (Å²) >= 11 is 0. The highest BCUT2D eigenvalue weighted by atomic mass is 16.5. The van der Waals surface area contributed by atoms with Crippen LogP contribution in [0.3, 0.4) is 0 Å². The van der Waals surface area contributed by atoms with Crippen molar-refractivity contribution < 1.29 is 14.3 Å². The van der Waals surface area contributed by atoms with Crippen LogP contribution >= 0.6 is 0 Å². The molecule has 0 unspecified atom stereocenters. The van der Waals surface area contributed by atoms with Crippen molar-refractivity contribution in [2.75, 3.05) is 19.1 Å². The molecular weight excluding hydrogens is 370 g/mol. The molecule has 1 aliphatic rings. The predicted octanol–water partition coefficient (Wildman–Crippen LogP) is 2.95. The van der Waals surface area contributed by atoms with Gasteiger partial charge in [-0.25, -0.2) is 0 Å². The van der Waals surface area contributed by atoms with Gasteiger partial charge in [0.2, 0.25) is 0 Å². The van der Waals surface area contributed by atoms with Crippen LogP contribution in [0.5, 0.6) is 11.5 Å². The van der Waals surface area contributed by atoms with Gasteiger partial charge in [0.25, 0.3) is 5.91 Å². The first-order valence-electron chi connectivity index (χ1n) is 8.99. The third kappa shape index (κ3) is 3.27. The molecule has 1 amide bonds. The number of aryl methyl sites for hydroxylation is 1. The lowest BCUT2D eigenvalue weighted by atomic mass is 10.0. The summed E-state index contributed by atoms with van der Waals surface area (Å²) in [5, 5.41) is 12.9. The molecule has 146 valence electrons. The van der Waals surface area contributed by atoms with Gasteiger partial charge in [-0.2, -0.15) is 10.4 Å². The maximum absolute atomic E-state index is 13.0. The van der Waals surface area contributed by atoms with Gasteiger partial charge in [-0.05, 0) is 30.7 Å². The summed E-state index contributed by atoms with van der Waals surface area (Å²) in [6.07, 6.45) is 3.28. The van der Waals surface area contributed by atoms with Crippen LogP contribution in [0.1, 0.15) is 21.6 Å². The van der Waals surface area contributed by atoms with Gasteiger partial charge in [-0.1, -0.05) is 0 Å². The van der Waals surface area contributed by atoms with Crippen molar-refractivity contribution in [3.05, 3.63) is 53.5 Å². The summed E-state index contributed by atoms with van der Waals surface area (Å²) < 4.78 is 12.2. The number of benzene rings is 1. The second-order valence-corrected chi connectivity index (χ2v) is 6.69. The average molecular weight is 389 g/mol. The Morgan fingerprint density at radius 1 is 1.17 bits per heavy atom. The third-order valence-corrected chi connectivity index (χ3v) is 4.87. The quantitative estimate of drug-likeness (QED) is 0.666. The van der Waals surface area contributed by atoms with Gasteiger partial charge in [0.15, 0.2) is 0 Å². The lowest BCUT2D eigenvalue weighted by molar-refractivity contribution is 0.0996. The number of anilines is 1. The maximum atomic E-state index is 13.0. The Hall–Kier alpha value is -3.86. The minimum Gasteiger partial charge on any atom is -0.497 e. The van der Waals surface area contributed by atoms with E-state index in [1.54, 1.807) is 37.6 Å². The van der Waals surface area contributed by atoms with Crippen molar-refractivity contribution in [2.45, 2.75) is 20.0 Å². The van der Waals surface area contributed by atoms with Crippen molar-refractivity contribution in [3.63, 3.8) is 0 Å². The first-order chi connectivity index (χ1) is 14.0. The number of pyridine rings is 1. The number of amides is 1. The summed E-state index contributed by atoms with van der Waals surface area (Å²) in [6, 6.07) is 9.50. The van der Waals surface area contributed by atoms with E-state index in [0.717, 1.165) is 16.8 Å². The molecule has 0 fully saturated rings. The fourth-order valence-electron chi connectivity index (χ4n) is 3.46. The number of fused-ring (bicyclic) bond motifs is 1. The van der Waals surface area contributed by atoms with Crippen molar-refractivity contribution in [2.24, 2.45) is 0 Å². The van der Waals surface area contributed by atoms with Gasteiger partial charge < -0.3 is 9.47 Å². The fraction of sp³-hybridized carbons (Fsp3) is 0.238. The highest BCUT2D eigenvalue weighted by molar-refractivity contribution is 6.10. The molecule has 3 heterocycles. The molecule has 0 radical (unpaired) electrons. The molecule has 0 spiro atoms. The summed E-state index contributed by atoms with van der Waals surface area (Å²) in [5.41, 5.74) is 4.40. The Kier molecular flexibility index (Phi) is 4.64.